The van der Waals surface area contributed by atoms with E-state index in [-0.39, 0.29) is 0 Å². The first kappa shape index (κ1) is 12.9. The zero-order valence-corrected chi connectivity index (χ0v) is 9.78. The molecule has 0 atom stereocenters. The van der Waals surface area contributed by atoms with Crippen molar-refractivity contribution in [2.45, 2.75) is 32.7 Å². The second-order valence-electron chi connectivity index (χ2n) is 4.09. The van der Waals surface area contributed by atoms with Crippen LogP contribution in [0.1, 0.15) is 27.2 Å². The van der Waals surface area contributed by atoms with E-state index in [1.165, 1.54) is 0 Å². The lowest BCUT2D eigenvalue weighted by Gasteiger charge is -2.37. The molecular formula is C11H17NO4. The number of imide groups is 1. The first-order chi connectivity index (χ1) is 7.45. The third-order valence-corrected chi connectivity index (χ3v) is 3.33. The van der Waals surface area contributed by atoms with Gasteiger partial charge in [0, 0.05) is 11.1 Å². The van der Waals surface area contributed by atoms with Gasteiger partial charge >= 0.3 is 0 Å². The van der Waals surface area contributed by atoms with Crippen molar-refractivity contribution in [3.8, 4) is 0 Å². The predicted octanol–water partition coefficient (Wildman–Crippen LogP) is -0.175. The topological polar surface area (TPSA) is 77.8 Å². The van der Waals surface area contributed by atoms with E-state index >= 15 is 0 Å². The van der Waals surface area contributed by atoms with Gasteiger partial charge in [0.15, 0.2) is 0 Å². The maximum Gasteiger partial charge on any atom is 0.257 e. The summed E-state index contributed by atoms with van der Waals surface area (Å²) in [6, 6.07) is 0. The van der Waals surface area contributed by atoms with Crippen molar-refractivity contribution in [1.29, 1.82) is 0 Å². The van der Waals surface area contributed by atoms with Crippen molar-refractivity contribution >= 4 is 11.8 Å². The van der Waals surface area contributed by atoms with Crippen LogP contribution >= 0.6 is 0 Å². The van der Waals surface area contributed by atoms with Crippen LogP contribution in [0.3, 0.4) is 0 Å². The Morgan fingerprint density at radius 2 is 1.44 bits per heavy atom. The molecule has 1 aliphatic heterocycles. The Morgan fingerprint density at radius 3 is 1.69 bits per heavy atom. The number of aliphatic hydroxyl groups is 2. The van der Waals surface area contributed by atoms with Gasteiger partial charge in [0.1, 0.15) is 0 Å². The molecule has 1 aliphatic rings. The molecule has 0 aromatic heterocycles. The zero-order valence-electron chi connectivity index (χ0n) is 9.78. The number of hydrogen-bond acceptors (Lipinski definition) is 4. The van der Waals surface area contributed by atoms with Gasteiger partial charge in [-0.2, -0.15) is 0 Å². The van der Waals surface area contributed by atoms with E-state index in [2.05, 4.69) is 0 Å². The summed E-state index contributed by atoms with van der Waals surface area (Å²) in [6.07, 6.45) is 0.318. The molecule has 0 aromatic carbocycles. The molecule has 0 aliphatic carbocycles. The summed E-state index contributed by atoms with van der Waals surface area (Å²) >= 11 is 0. The molecule has 0 spiro atoms. The van der Waals surface area contributed by atoms with Crippen LogP contribution < -0.4 is 0 Å². The van der Waals surface area contributed by atoms with E-state index in [1.807, 2.05) is 0 Å². The van der Waals surface area contributed by atoms with Crippen LogP contribution in [0.2, 0.25) is 0 Å². The SMILES string of the molecule is CCC(CO)(CO)N1C(=O)C(C)=C(C)C1=O. The molecule has 0 saturated heterocycles. The zero-order chi connectivity index (χ0) is 12.5. The molecule has 16 heavy (non-hydrogen) atoms. The maximum atomic E-state index is 11.9. The van der Waals surface area contributed by atoms with Gasteiger partial charge in [-0.25, -0.2) is 0 Å². The number of amides is 2. The minimum absolute atomic E-state index is 0.318. The van der Waals surface area contributed by atoms with Gasteiger partial charge in [0.2, 0.25) is 0 Å². The highest BCUT2D eigenvalue weighted by molar-refractivity contribution is 6.19. The number of rotatable bonds is 4. The lowest BCUT2D eigenvalue weighted by molar-refractivity contribution is -0.149. The smallest absolute Gasteiger partial charge is 0.257 e. The predicted molar refractivity (Wildman–Crippen MR) is 57.4 cm³/mol. The largest absolute Gasteiger partial charge is 0.394 e. The second-order valence-corrected chi connectivity index (χ2v) is 4.09. The summed E-state index contributed by atoms with van der Waals surface area (Å²) in [5.41, 5.74) is -0.429. The highest BCUT2D eigenvalue weighted by Crippen LogP contribution is 2.29. The van der Waals surface area contributed by atoms with E-state index in [0.29, 0.717) is 17.6 Å². The lowest BCUT2D eigenvalue weighted by Crippen LogP contribution is -2.57. The summed E-state index contributed by atoms with van der Waals surface area (Å²) in [5.74, 6) is -0.847. The summed E-state index contributed by atoms with van der Waals surface area (Å²) in [4.78, 5) is 24.7. The van der Waals surface area contributed by atoms with Crippen molar-refractivity contribution in [2.24, 2.45) is 0 Å². The Hall–Kier alpha value is -1.20. The van der Waals surface area contributed by atoms with E-state index in [0.717, 1.165) is 4.90 Å². The van der Waals surface area contributed by atoms with Gasteiger partial charge in [0.05, 0.1) is 18.8 Å². The quantitative estimate of drug-likeness (QED) is 0.653. The lowest BCUT2D eigenvalue weighted by atomic mass is 9.96. The fourth-order valence-corrected chi connectivity index (χ4v) is 1.75. The summed E-state index contributed by atoms with van der Waals surface area (Å²) in [7, 11) is 0. The van der Waals surface area contributed by atoms with Crippen molar-refractivity contribution in [3.63, 3.8) is 0 Å². The first-order valence-corrected chi connectivity index (χ1v) is 5.23. The molecular weight excluding hydrogens is 210 g/mol. The number of aliphatic hydroxyl groups excluding tert-OH is 2. The highest BCUT2D eigenvalue weighted by atomic mass is 16.3. The molecule has 0 radical (unpaired) electrons. The molecule has 0 bridgehead atoms. The summed E-state index contributed by atoms with van der Waals surface area (Å²) < 4.78 is 0. The van der Waals surface area contributed by atoms with Gasteiger partial charge < -0.3 is 10.2 Å². The maximum absolute atomic E-state index is 11.9. The summed E-state index contributed by atoms with van der Waals surface area (Å²) in [6.45, 7) is 4.00. The van der Waals surface area contributed by atoms with Crippen LogP contribution in [0.4, 0.5) is 0 Å². The molecule has 1 rings (SSSR count). The van der Waals surface area contributed by atoms with Crippen LogP contribution in [0.25, 0.3) is 0 Å². The Balaban J connectivity index is 3.17. The van der Waals surface area contributed by atoms with Crippen molar-refractivity contribution in [1.82, 2.24) is 4.90 Å². The van der Waals surface area contributed by atoms with E-state index in [4.69, 9.17) is 0 Å². The van der Waals surface area contributed by atoms with Gasteiger partial charge in [-0.1, -0.05) is 6.92 Å². The number of nitrogens with zero attached hydrogens (tertiary/aromatic N) is 1. The monoisotopic (exact) mass is 227 g/mol. The van der Waals surface area contributed by atoms with E-state index in [9.17, 15) is 19.8 Å². The Morgan fingerprint density at radius 1 is 1.06 bits per heavy atom. The van der Waals surface area contributed by atoms with Crippen molar-refractivity contribution in [3.05, 3.63) is 11.1 Å². The third-order valence-electron chi connectivity index (χ3n) is 3.33. The average molecular weight is 227 g/mol. The second kappa shape index (κ2) is 4.35. The Labute approximate surface area is 94.4 Å². The molecule has 5 nitrogen and oxygen atoms in total. The Kier molecular flexibility index (Phi) is 3.50. The van der Waals surface area contributed by atoms with Crippen LogP contribution in [-0.4, -0.2) is 45.7 Å². The molecule has 0 saturated carbocycles. The number of hydrogen-bond donors (Lipinski definition) is 2. The molecule has 2 N–H and O–H groups in total. The fraction of sp³-hybridized carbons (Fsp3) is 0.636. The molecule has 0 aromatic rings. The fourth-order valence-electron chi connectivity index (χ4n) is 1.75. The average Bonchev–Trinajstić information content (AvgIpc) is 2.49. The molecule has 2 amide bonds. The van der Waals surface area contributed by atoms with E-state index in [1.54, 1.807) is 20.8 Å². The van der Waals surface area contributed by atoms with Gasteiger partial charge in [-0.15, -0.1) is 0 Å². The van der Waals surface area contributed by atoms with Crippen molar-refractivity contribution in [2.75, 3.05) is 13.2 Å². The van der Waals surface area contributed by atoms with Crippen LogP contribution in [0, 0.1) is 0 Å². The highest BCUT2D eigenvalue weighted by Gasteiger charge is 2.46. The molecule has 0 fully saturated rings. The van der Waals surface area contributed by atoms with Crippen LogP contribution in [0.15, 0.2) is 11.1 Å². The molecule has 5 heteroatoms. The van der Waals surface area contributed by atoms with Crippen molar-refractivity contribution < 1.29 is 19.8 Å². The van der Waals surface area contributed by atoms with Crippen LogP contribution in [-0.2, 0) is 9.59 Å². The minimum atomic E-state index is -1.19. The standard InChI is InChI=1S/C11H17NO4/c1-4-11(5-13,6-14)12-9(15)7(2)8(3)10(12)16/h13-14H,4-6H2,1-3H3. The van der Waals surface area contributed by atoms with E-state index < -0.39 is 30.6 Å². The minimum Gasteiger partial charge on any atom is -0.394 e. The van der Waals surface area contributed by atoms with Gasteiger partial charge in [-0.3, -0.25) is 14.5 Å². The molecule has 0 unspecified atom stereocenters. The first-order valence-electron chi connectivity index (χ1n) is 5.23. The van der Waals surface area contributed by atoms with Gasteiger partial charge in [0.25, 0.3) is 11.8 Å². The number of carbonyl (C=O) groups excluding carboxylic acids is 2. The molecule has 1 heterocycles. The normalized spacial score (nSPS) is 17.7. The Bertz CT molecular complexity index is 323. The van der Waals surface area contributed by atoms with Gasteiger partial charge in [-0.05, 0) is 20.3 Å². The molecule has 90 valence electrons. The summed E-state index contributed by atoms with van der Waals surface area (Å²) in [5, 5.41) is 18.6. The van der Waals surface area contributed by atoms with Crippen LogP contribution in [0.5, 0.6) is 0 Å². The number of carbonyl (C=O) groups is 2. The third kappa shape index (κ3) is 1.56.